The van der Waals surface area contributed by atoms with Crippen LogP contribution < -0.4 is 20.7 Å². The molecule has 0 radical (unpaired) electrons. The predicted octanol–water partition coefficient (Wildman–Crippen LogP) is 16.3. The molecule has 3 unspecified atom stereocenters. The summed E-state index contributed by atoms with van der Waals surface area (Å²) in [5.41, 5.74) is 1.26. The molecule has 718 valence electrons. The highest BCUT2D eigenvalue weighted by Gasteiger charge is 2.55. The molecule has 27 heteroatoms. The number of hydrogen-bond donors (Lipinski definition) is 3. The van der Waals surface area contributed by atoms with Crippen molar-refractivity contribution in [2.75, 3.05) is 61.5 Å². The molecule has 10 rings (SSSR count). The largest absolute Gasteiger partial charge is 0.452 e. The monoisotopic (exact) mass is 1860 g/mol. The number of hydrogen-bond acceptors (Lipinski definition) is 24. The maximum atomic E-state index is 13.7. The lowest BCUT2D eigenvalue weighted by Crippen LogP contribution is -2.68. The van der Waals surface area contributed by atoms with Gasteiger partial charge in [0.05, 0.1) is 53.3 Å². The van der Waals surface area contributed by atoms with Crippen LogP contribution in [0, 0.1) is 0 Å². The molecule has 0 amide bonds. The fraction of sp³-hybridized carbons (Fsp3) is 0.510. The van der Waals surface area contributed by atoms with Crippen LogP contribution in [0.15, 0.2) is 249 Å². The van der Waals surface area contributed by atoms with Crippen molar-refractivity contribution in [1.82, 2.24) is 0 Å². The van der Waals surface area contributed by atoms with Gasteiger partial charge < -0.3 is 99.7 Å². The maximum absolute atomic E-state index is 13.7. The molecule has 7 aromatic rings. The van der Waals surface area contributed by atoms with E-state index in [1.54, 1.807) is 114 Å². The van der Waals surface area contributed by atoms with Gasteiger partial charge in [-0.05, 0) is 185 Å². The Balaban J connectivity index is 0.000000252. The first-order valence-electron chi connectivity index (χ1n) is 45.3. The van der Waals surface area contributed by atoms with Crippen LogP contribution in [0.5, 0.6) is 0 Å². The van der Waals surface area contributed by atoms with E-state index in [9.17, 15) is 29.7 Å². The molecular weight excluding hydrogens is 1720 g/mol. The Labute approximate surface area is 781 Å². The highest BCUT2D eigenvalue weighted by atomic mass is 28.4. The van der Waals surface area contributed by atoms with Crippen molar-refractivity contribution in [3.05, 3.63) is 265 Å². The first-order valence-corrected chi connectivity index (χ1v) is 52.1. The third-order valence-corrected chi connectivity index (χ3v) is 38.3. The van der Waals surface area contributed by atoms with Gasteiger partial charge in [0.15, 0.2) is 25.7 Å². The molecule has 3 fully saturated rings. The van der Waals surface area contributed by atoms with E-state index < -0.39 is 152 Å². The summed E-state index contributed by atoms with van der Waals surface area (Å²) in [6.07, 6.45) is 2.56. The molecule has 3 N–H and O–H groups in total. The number of ether oxygens (including phenoxy) is 15. The van der Waals surface area contributed by atoms with E-state index in [-0.39, 0.29) is 48.7 Å². The van der Waals surface area contributed by atoms with Gasteiger partial charge in [-0.1, -0.05) is 256 Å². The number of benzene rings is 7. The molecule has 0 bridgehead atoms. The van der Waals surface area contributed by atoms with Gasteiger partial charge in [0, 0.05) is 41.2 Å². The minimum atomic E-state index is -2.94. The summed E-state index contributed by atoms with van der Waals surface area (Å²) in [7, 11) is -3.20. The molecular formula is C104H146O24Si3. The second-order valence-corrected chi connectivity index (χ2v) is 51.3. The summed E-state index contributed by atoms with van der Waals surface area (Å²) < 4.78 is 110. The number of rotatable bonds is 43. The van der Waals surface area contributed by atoms with Crippen LogP contribution in [0.4, 0.5) is 0 Å². The minimum absolute atomic E-state index is 0.00240. The van der Waals surface area contributed by atoms with Crippen LogP contribution in [-0.4, -0.2) is 229 Å². The van der Waals surface area contributed by atoms with Crippen LogP contribution in [-0.2, 0) is 84.3 Å². The maximum Gasteiger partial charge on any atom is 0.338 e. The van der Waals surface area contributed by atoms with Crippen molar-refractivity contribution in [3.8, 4) is 0 Å². The second-order valence-electron chi connectivity index (χ2n) is 38.0. The van der Waals surface area contributed by atoms with E-state index in [4.69, 9.17) is 84.3 Å². The molecule has 7 aromatic carbocycles. The van der Waals surface area contributed by atoms with Crippen molar-refractivity contribution in [3.63, 3.8) is 0 Å². The standard InChI is InChI=1S/C44H64O8Si2.C38H50O8Si.C22H32O8/c1-33(52-54(43(5,6)7,35-24-18-14-19-25-35)36-26-20-15-21-27-36)37(47-32-46-10)28-29-38(49-41(45)34-22-16-13-17-23-34)40-39(50-44(8,9)51-40)30-31-48-53(11,12)42(2,3)4;1-28(46-47(37(2,3)4,30-19-13-9-14-20-30)31-21-15-10-16-22-31)32(42-27-41-7)23-24-33(43-36(40)29-17-11-8-12-18-29)35-34(25-26-39)44-38(5,6)45-35;1-15(24)17(27-14-26-4)10-11-18(28-21(25)16-8-6-5-7-9-16)20-19(12-13-23)29-22(2,3)30-20/h13-29,33,37-40H,30-32H2,1-12H3;8-24,28,32-35,39H,25-27H2,1-7H3;5-11,15,17-20,23-24H,12-14H2,1-4H3/b29-28-;24-23-;11-10-/t33-,37+,38?,39-,40+;28-,32+,33?,34-,35+;15-,17+,18?,19-,20+/m000/s1. The van der Waals surface area contributed by atoms with Crippen LogP contribution in [0.3, 0.4) is 0 Å². The lowest BCUT2D eigenvalue weighted by molar-refractivity contribution is -0.154. The summed E-state index contributed by atoms with van der Waals surface area (Å²) >= 11 is 0. The minimum Gasteiger partial charge on any atom is -0.452 e. The number of esters is 3. The fourth-order valence-electron chi connectivity index (χ4n) is 16.2. The van der Waals surface area contributed by atoms with Gasteiger partial charge in [-0.15, -0.1) is 0 Å². The smallest absolute Gasteiger partial charge is 0.338 e. The van der Waals surface area contributed by atoms with Crippen molar-refractivity contribution in [2.24, 2.45) is 0 Å². The number of methoxy groups -OCH3 is 3. The van der Waals surface area contributed by atoms with Crippen LogP contribution >= 0.6 is 0 Å². The molecule has 24 nitrogen and oxygen atoms in total. The van der Waals surface area contributed by atoms with Gasteiger partial charge in [0.25, 0.3) is 16.6 Å². The van der Waals surface area contributed by atoms with E-state index in [1.165, 1.54) is 17.5 Å². The quantitative estimate of drug-likeness (QED) is 0.0105. The number of aliphatic hydroxyl groups is 3. The average molecular weight is 1860 g/mol. The molecule has 3 heterocycles. The zero-order valence-electron chi connectivity index (χ0n) is 81.1. The highest BCUT2D eigenvalue weighted by Crippen LogP contribution is 2.43. The second kappa shape index (κ2) is 50.1. The summed E-state index contributed by atoms with van der Waals surface area (Å²) in [5, 5.41) is 33.4. The molecule has 0 spiro atoms. The van der Waals surface area contributed by atoms with Gasteiger partial charge in [-0.3, -0.25) is 0 Å². The Morgan fingerprint density at radius 1 is 0.374 bits per heavy atom. The van der Waals surface area contributed by atoms with Crippen LogP contribution in [0.25, 0.3) is 0 Å². The van der Waals surface area contributed by atoms with Gasteiger partial charge >= 0.3 is 17.9 Å². The Morgan fingerprint density at radius 3 is 0.870 bits per heavy atom. The van der Waals surface area contributed by atoms with Crippen LogP contribution in [0.2, 0.25) is 28.2 Å². The summed E-state index contributed by atoms with van der Waals surface area (Å²) in [6.45, 7) is 41.5. The number of carbonyl (C=O) groups is 3. The van der Waals surface area contributed by atoms with Crippen LogP contribution in [0.1, 0.15) is 175 Å². The number of carbonyl (C=O) groups excluding carboxylic acids is 3. The molecule has 3 saturated heterocycles. The molecule has 3 aliphatic heterocycles. The van der Waals surface area contributed by atoms with E-state index in [0.29, 0.717) is 42.6 Å². The lowest BCUT2D eigenvalue weighted by atomic mass is 10.0. The van der Waals surface area contributed by atoms with Crippen molar-refractivity contribution >= 4 is 63.6 Å². The summed E-state index contributed by atoms with van der Waals surface area (Å²) in [5.74, 6) is -4.20. The van der Waals surface area contributed by atoms with Gasteiger partial charge in [0.2, 0.25) is 0 Å². The molecule has 15 atom stereocenters. The van der Waals surface area contributed by atoms with E-state index >= 15 is 0 Å². The Hall–Kier alpha value is -7.90. The van der Waals surface area contributed by atoms with Crippen molar-refractivity contribution in [2.45, 2.75) is 281 Å². The van der Waals surface area contributed by atoms with Crippen molar-refractivity contribution in [1.29, 1.82) is 0 Å². The zero-order chi connectivity index (χ0) is 96.0. The number of aliphatic hydroxyl groups excluding tert-OH is 3. The molecule has 0 aromatic heterocycles. The predicted molar refractivity (Wildman–Crippen MR) is 515 cm³/mol. The Morgan fingerprint density at radius 2 is 0.626 bits per heavy atom. The SMILES string of the molecule is COCO[C@H](/C=C\C(OC(=O)c1ccccc1)[C@H]1OC(C)(C)O[C@H]1CCO)[C@H](C)O.COCO[C@H](/C=C\C(OC(=O)c1ccccc1)[C@H]1OC(C)(C)O[C@H]1CCO)[C@H](C)O[Si](c1ccccc1)(c1ccccc1)C(C)(C)C.COCO[C@H](/C=C\C(OC(=O)c1ccccc1)[C@H]1OC(C)(C)O[C@H]1CCO[Si](C)(C)C(C)(C)C)[C@H](C)O[Si](c1ccccc1)(c1ccccc1)C(C)(C)C. The molecule has 3 aliphatic rings. The fourth-order valence-corrected chi connectivity index (χ4v) is 26.6. The normalized spacial score (nSPS) is 20.9. The molecule has 131 heavy (non-hydrogen) atoms. The lowest BCUT2D eigenvalue weighted by Gasteiger charge is -2.45. The van der Waals surface area contributed by atoms with E-state index in [2.05, 4.69) is 172 Å². The zero-order valence-corrected chi connectivity index (χ0v) is 84.1. The van der Waals surface area contributed by atoms with Crippen molar-refractivity contribution < 1.29 is 114 Å². The molecule has 0 aliphatic carbocycles. The average Bonchev–Trinajstić information content (AvgIpc) is 1.65. The Kier molecular flexibility index (Phi) is 41.4. The summed E-state index contributed by atoms with van der Waals surface area (Å²) in [6, 6.07) is 68.3. The first-order chi connectivity index (χ1) is 62.0. The third kappa shape index (κ3) is 30.8. The molecule has 0 saturated carbocycles. The topological polar surface area (TPSA) is 278 Å². The first kappa shape index (κ1) is 108. The Bertz CT molecular complexity index is 4510. The third-order valence-electron chi connectivity index (χ3n) is 23.5. The van der Waals surface area contributed by atoms with E-state index in [0.717, 1.165) is 10.4 Å². The summed E-state index contributed by atoms with van der Waals surface area (Å²) in [4.78, 5) is 39.7. The van der Waals surface area contributed by atoms with Gasteiger partial charge in [0.1, 0.15) is 75.3 Å². The highest BCUT2D eigenvalue weighted by molar-refractivity contribution is 7.00. The van der Waals surface area contributed by atoms with Gasteiger partial charge in [-0.25, -0.2) is 14.4 Å². The van der Waals surface area contributed by atoms with Gasteiger partial charge in [-0.2, -0.15) is 0 Å². The van der Waals surface area contributed by atoms with E-state index in [1.807, 2.05) is 114 Å².